The molecule has 0 aromatic rings. The summed E-state index contributed by atoms with van der Waals surface area (Å²) < 4.78 is 22.9. The molecule has 1 N–H and O–H groups in total. The second kappa shape index (κ2) is 57.6. The van der Waals surface area contributed by atoms with Crippen molar-refractivity contribution >= 4 is 17.9 Å². The maximum Gasteiger partial charge on any atom is 0.361 e. The second-order valence-electron chi connectivity index (χ2n) is 20.9. The highest BCUT2D eigenvalue weighted by atomic mass is 16.7. The summed E-state index contributed by atoms with van der Waals surface area (Å²) in [6, 6.07) is 0. The maximum atomic E-state index is 12.9. The maximum absolute atomic E-state index is 12.9. The van der Waals surface area contributed by atoms with Crippen molar-refractivity contribution in [3.8, 4) is 0 Å². The van der Waals surface area contributed by atoms with Crippen molar-refractivity contribution in [2.24, 2.45) is 0 Å². The van der Waals surface area contributed by atoms with Crippen LogP contribution in [0, 0.1) is 0 Å². The summed E-state index contributed by atoms with van der Waals surface area (Å²) in [7, 11) is 5.95. The van der Waals surface area contributed by atoms with Gasteiger partial charge in [0, 0.05) is 12.8 Å². The fourth-order valence-electron chi connectivity index (χ4n) is 7.81. The molecule has 0 saturated carbocycles. The van der Waals surface area contributed by atoms with Gasteiger partial charge in [0.15, 0.2) is 6.10 Å². The van der Waals surface area contributed by atoms with Crippen LogP contribution < -0.4 is 0 Å². The summed E-state index contributed by atoms with van der Waals surface area (Å²) in [5, 5.41) is 9.71. The summed E-state index contributed by atoms with van der Waals surface area (Å²) in [4.78, 5) is 37.4. The van der Waals surface area contributed by atoms with E-state index in [0.717, 1.165) is 128 Å². The van der Waals surface area contributed by atoms with Gasteiger partial charge in [-0.1, -0.05) is 231 Å². The van der Waals surface area contributed by atoms with Gasteiger partial charge in [-0.3, -0.25) is 9.59 Å². The van der Waals surface area contributed by atoms with Crippen LogP contribution in [0.5, 0.6) is 0 Å². The topological polar surface area (TPSA) is 108 Å². The van der Waals surface area contributed by atoms with E-state index in [9.17, 15) is 19.5 Å². The van der Waals surface area contributed by atoms with Gasteiger partial charge in [0.2, 0.25) is 0 Å². The second-order valence-corrected chi connectivity index (χ2v) is 20.9. The third kappa shape index (κ3) is 58.9. The lowest BCUT2D eigenvalue weighted by Gasteiger charge is -2.25. The van der Waals surface area contributed by atoms with Gasteiger partial charge in [0.05, 0.1) is 34.4 Å². The van der Waals surface area contributed by atoms with E-state index in [1.807, 2.05) is 21.1 Å². The molecule has 9 nitrogen and oxygen atoms in total. The molecule has 0 aliphatic heterocycles. The Morgan fingerprint density at radius 1 is 0.390 bits per heavy atom. The molecule has 0 rings (SSSR count). The van der Waals surface area contributed by atoms with Crippen LogP contribution in [0.1, 0.15) is 219 Å². The van der Waals surface area contributed by atoms with Gasteiger partial charge in [0.25, 0.3) is 6.29 Å². The highest BCUT2D eigenvalue weighted by Crippen LogP contribution is 2.15. The largest absolute Gasteiger partial charge is 0.477 e. The van der Waals surface area contributed by atoms with Gasteiger partial charge >= 0.3 is 17.9 Å². The van der Waals surface area contributed by atoms with E-state index in [0.29, 0.717) is 17.4 Å². The molecule has 0 aliphatic carbocycles. The molecule has 9 heteroatoms. The van der Waals surface area contributed by atoms with Crippen molar-refractivity contribution in [3.05, 3.63) is 134 Å². The zero-order chi connectivity index (χ0) is 56.2. The monoisotopic (exact) mass is 1070 g/mol. The number of ether oxygens (including phenoxy) is 4. The highest BCUT2D eigenvalue weighted by Gasteiger charge is 2.25. The van der Waals surface area contributed by atoms with Crippen LogP contribution in [0.4, 0.5) is 0 Å². The molecule has 2 atom stereocenters. The van der Waals surface area contributed by atoms with Crippen molar-refractivity contribution in [3.63, 3.8) is 0 Å². The number of hydrogen-bond acceptors (Lipinski definition) is 7. The Morgan fingerprint density at radius 3 is 1.04 bits per heavy atom. The van der Waals surface area contributed by atoms with Crippen LogP contribution in [0.3, 0.4) is 0 Å². The molecule has 0 aromatic carbocycles. The number of rotatable bonds is 54. The lowest BCUT2D eigenvalue weighted by atomic mass is 10.0. The Balaban J connectivity index is 4.22. The lowest BCUT2D eigenvalue weighted by Crippen LogP contribution is -2.40. The normalized spacial score (nSPS) is 13.7. The number of carboxylic acid groups (broad SMARTS) is 1. The van der Waals surface area contributed by atoms with Crippen molar-refractivity contribution < 1.29 is 42.9 Å². The highest BCUT2D eigenvalue weighted by molar-refractivity contribution is 5.71. The lowest BCUT2D eigenvalue weighted by molar-refractivity contribution is -0.870. The van der Waals surface area contributed by atoms with Crippen LogP contribution in [0.25, 0.3) is 0 Å². The van der Waals surface area contributed by atoms with Crippen LogP contribution >= 0.6 is 0 Å². The smallest absolute Gasteiger partial charge is 0.361 e. The molecule has 2 unspecified atom stereocenters. The summed E-state index contributed by atoms with van der Waals surface area (Å²) in [6.45, 7) is 4.62. The molecule has 0 saturated heterocycles. The van der Waals surface area contributed by atoms with Gasteiger partial charge in [-0.15, -0.1) is 0 Å². The summed E-state index contributed by atoms with van der Waals surface area (Å²) in [6.07, 6.45) is 79.6. The molecule has 0 amide bonds. The fraction of sp³-hybridized carbons (Fsp3) is 0.632. The third-order valence-electron chi connectivity index (χ3n) is 12.4. The predicted octanol–water partition coefficient (Wildman–Crippen LogP) is 18.2. The van der Waals surface area contributed by atoms with Crippen LogP contribution in [0.15, 0.2) is 134 Å². The number of esters is 2. The number of carbonyl (C=O) groups is 3. The third-order valence-corrected chi connectivity index (χ3v) is 12.4. The number of carboxylic acids is 1. The molecular weight excluding hydrogens is 959 g/mol. The van der Waals surface area contributed by atoms with E-state index in [2.05, 4.69) is 148 Å². The SMILES string of the molecule is CC/C=C\C/C=C\C/C=C\C/C=C\C/C=C\C/C=C\C/C=C\C/C=C\CCCCCCCCCCCCC(=O)OC(COC(=O)CCCCCCCCC/C=C\C/C=C\C/C=C\CC)COC(OCC[N+](C)(C)C)C(=O)O. The predicted molar refractivity (Wildman–Crippen MR) is 327 cm³/mol. The number of quaternary nitrogens is 1. The van der Waals surface area contributed by atoms with E-state index in [-0.39, 0.29) is 38.6 Å². The average molecular weight is 1070 g/mol. The first-order valence-electron chi connectivity index (χ1n) is 30.3. The standard InChI is InChI=1S/C68H111NO8/c1-6-8-10-12-14-16-18-20-22-24-25-26-27-28-29-30-31-32-33-34-35-36-37-38-39-40-41-43-45-47-49-51-53-55-57-59-66(71)77-64(63-76-68(67(72)73)74-61-60-69(3,4)5)62-75-65(70)58-56-54-52-50-48-46-44-42-23-21-19-17-15-13-11-9-7-2/h8-11,14-17,20-23,25-26,28-29,31-32,34-35,37-38,64,68H,6-7,12-13,18-19,24,27,30,33,36,39-63H2,1-5H3/p+1/b10-8-,11-9-,16-14-,17-15-,22-20-,23-21-,26-25-,29-28-,32-31-,35-34-,38-37-. The van der Waals surface area contributed by atoms with Crippen LogP contribution in [-0.4, -0.2) is 87.4 Å². The van der Waals surface area contributed by atoms with Crippen molar-refractivity contribution in [1.82, 2.24) is 0 Å². The van der Waals surface area contributed by atoms with Crippen molar-refractivity contribution in [2.45, 2.75) is 232 Å². The van der Waals surface area contributed by atoms with Gasteiger partial charge in [-0.25, -0.2) is 4.79 Å². The molecule has 0 heterocycles. The number of allylic oxidation sites excluding steroid dienone is 22. The number of hydrogen-bond donors (Lipinski definition) is 1. The fourth-order valence-corrected chi connectivity index (χ4v) is 7.81. The van der Waals surface area contributed by atoms with Gasteiger partial charge in [0.1, 0.15) is 13.2 Å². The first-order chi connectivity index (χ1) is 37.6. The zero-order valence-electron chi connectivity index (χ0n) is 49.6. The van der Waals surface area contributed by atoms with Gasteiger partial charge in [-0.2, -0.15) is 0 Å². The minimum atomic E-state index is -1.52. The molecule has 0 bridgehead atoms. The van der Waals surface area contributed by atoms with Crippen LogP contribution in [0.2, 0.25) is 0 Å². The first-order valence-corrected chi connectivity index (χ1v) is 30.3. The van der Waals surface area contributed by atoms with Gasteiger partial charge < -0.3 is 28.5 Å². The summed E-state index contributed by atoms with van der Waals surface area (Å²) >= 11 is 0. The molecule has 0 aliphatic rings. The van der Waals surface area contributed by atoms with Crippen molar-refractivity contribution in [2.75, 3.05) is 47.5 Å². The number of carbonyl (C=O) groups excluding carboxylic acids is 2. The Hall–Kier alpha value is -4.57. The average Bonchev–Trinajstić information content (AvgIpc) is 3.40. The Labute approximate surface area is 471 Å². The molecule has 0 spiro atoms. The minimum Gasteiger partial charge on any atom is -0.477 e. The number of aliphatic carboxylic acids is 1. The van der Waals surface area contributed by atoms with Gasteiger partial charge in [-0.05, 0) is 109 Å². The van der Waals surface area contributed by atoms with Crippen molar-refractivity contribution in [1.29, 1.82) is 0 Å². The molecule has 0 fully saturated rings. The minimum absolute atomic E-state index is 0.178. The zero-order valence-corrected chi connectivity index (χ0v) is 49.6. The number of unbranched alkanes of at least 4 members (excludes halogenated alkanes) is 17. The van der Waals surface area contributed by atoms with E-state index in [4.69, 9.17) is 18.9 Å². The molecule has 0 aromatic heterocycles. The number of nitrogens with zero attached hydrogens (tertiary/aromatic N) is 1. The van der Waals surface area contributed by atoms with E-state index < -0.39 is 24.3 Å². The molecule has 436 valence electrons. The van der Waals surface area contributed by atoms with E-state index >= 15 is 0 Å². The Bertz CT molecular complexity index is 1720. The number of likely N-dealkylation sites (N-methyl/N-ethyl adjacent to an activating group) is 1. The molecule has 0 radical (unpaired) electrons. The molecular formula is C68H112NO8+. The first kappa shape index (κ1) is 72.4. The quantitative estimate of drug-likeness (QED) is 0.0211. The van der Waals surface area contributed by atoms with Crippen LogP contribution in [-0.2, 0) is 33.3 Å². The summed E-state index contributed by atoms with van der Waals surface area (Å²) in [5.74, 6) is -2.04. The Morgan fingerprint density at radius 2 is 0.701 bits per heavy atom. The van der Waals surface area contributed by atoms with E-state index in [1.54, 1.807) is 0 Å². The Kier molecular flexibility index (Phi) is 54.2. The summed E-state index contributed by atoms with van der Waals surface area (Å²) in [5.41, 5.74) is 0. The van der Waals surface area contributed by atoms with E-state index in [1.165, 1.54) is 57.8 Å². The molecule has 77 heavy (non-hydrogen) atoms.